The highest BCUT2D eigenvalue weighted by atomic mass is 35.5. The molecular weight excluding hydrogens is 379 g/mol. The average molecular weight is 392 g/mol. The van der Waals surface area contributed by atoms with Crippen LogP contribution in [-0.2, 0) is 18.7 Å². The van der Waals surface area contributed by atoms with Crippen molar-refractivity contribution in [2.24, 2.45) is 0 Å². The van der Waals surface area contributed by atoms with Gasteiger partial charge in [0.25, 0.3) is 11.3 Å². The molecule has 1 atom stereocenters. The van der Waals surface area contributed by atoms with E-state index in [2.05, 4.69) is 20.8 Å². The van der Waals surface area contributed by atoms with E-state index in [1.165, 1.54) is 6.07 Å². The van der Waals surface area contributed by atoms with Crippen molar-refractivity contribution in [3.63, 3.8) is 0 Å². The number of fused-ring (bicyclic) bond motifs is 1. The molecule has 0 aliphatic rings. The highest BCUT2D eigenvalue weighted by Gasteiger charge is 2.33. The summed E-state index contributed by atoms with van der Waals surface area (Å²) in [6.45, 7) is 3.24. The Balaban J connectivity index is 2.34. The zero-order valence-electron chi connectivity index (χ0n) is 12.4. The zero-order valence-corrected chi connectivity index (χ0v) is 14.9. The molecule has 0 aliphatic heterocycles. The van der Waals surface area contributed by atoms with Gasteiger partial charge in [0.1, 0.15) is 0 Å². The lowest BCUT2D eigenvalue weighted by Crippen LogP contribution is -2.10. The van der Waals surface area contributed by atoms with Crippen molar-refractivity contribution in [2.75, 3.05) is 18.1 Å². The molecule has 11 heteroatoms. The molecule has 0 amide bonds. The van der Waals surface area contributed by atoms with Crippen molar-refractivity contribution < 1.29 is 21.5 Å². The summed E-state index contributed by atoms with van der Waals surface area (Å²) < 4.78 is 43.6. The van der Waals surface area contributed by atoms with Crippen molar-refractivity contribution in [1.29, 1.82) is 0 Å². The normalized spacial score (nSPS) is 12.0. The minimum Gasteiger partial charge on any atom is -0.387 e. The molecule has 0 spiro atoms. The van der Waals surface area contributed by atoms with Crippen molar-refractivity contribution in [3.05, 3.63) is 46.2 Å². The van der Waals surface area contributed by atoms with Gasteiger partial charge in [0.15, 0.2) is 0 Å². The Kier molecular flexibility index (Phi) is 5.61. The van der Waals surface area contributed by atoms with Crippen LogP contribution in [0.5, 0.6) is 5.75 Å². The fraction of sp³-hybridized carbons (Fsp3) is 0.154. The second kappa shape index (κ2) is 7.31. The van der Waals surface area contributed by atoms with Gasteiger partial charge in [-0.15, -0.1) is 6.58 Å². The van der Waals surface area contributed by atoms with Crippen molar-refractivity contribution >= 4 is 46.6 Å². The quantitative estimate of drug-likeness (QED) is 0.550. The summed E-state index contributed by atoms with van der Waals surface area (Å²) in [6.07, 6.45) is 1.07. The Labute approximate surface area is 143 Å². The van der Waals surface area contributed by atoms with E-state index in [1.54, 1.807) is 19.2 Å². The number of hydrogen-bond donors (Lipinski definition) is 2. The van der Waals surface area contributed by atoms with Crippen LogP contribution in [0.15, 0.2) is 35.6 Å². The Hall–Kier alpha value is -1.93. The zero-order chi connectivity index (χ0) is 17.9. The maximum absolute atomic E-state index is 11.9. The molecule has 2 rings (SSSR count). The number of benzene rings is 1. The standard InChI is InChI=1S/C13H12ClN2O6PS/c1-3-4-24(19,20)22-23(18)21-12-6-8-5-11(15-2)9(14)7-10(8)16-13(12)17/h3,5-7,15H,1,4H2,2H3/p+1. The number of hydrogen-bond acceptors (Lipinski definition) is 7. The third-order valence-electron chi connectivity index (χ3n) is 2.84. The van der Waals surface area contributed by atoms with Gasteiger partial charge in [-0.3, -0.25) is 4.79 Å². The van der Waals surface area contributed by atoms with E-state index in [4.69, 9.17) is 16.1 Å². The number of pyridine rings is 1. The first-order valence-corrected chi connectivity index (χ1v) is 9.53. The van der Waals surface area contributed by atoms with Crippen molar-refractivity contribution in [2.45, 2.75) is 0 Å². The van der Waals surface area contributed by atoms with Crippen LogP contribution < -0.4 is 15.4 Å². The molecule has 0 saturated heterocycles. The first kappa shape index (κ1) is 18.4. The van der Waals surface area contributed by atoms with Crippen LogP contribution in [-0.4, -0.2) is 26.2 Å². The number of rotatable bonds is 7. The molecule has 2 N–H and O–H groups in total. The SMILES string of the molecule is C=CCS(=O)(=O)O[P+](=O)Oc1cc2cc(NC)c(Cl)cc2[nH]c1=O. The van der Waals surface area contributed by atoms with Gasteiger partial charge in [-0.25, -0.2) is 4.52 Å². The van der Waals surface area contributed by atoms with E-state index in [0.29, 0.717) is 21.6 Å². The summed E-state index contributed by atoms with van der Waals surface area (Å²) in [4.78, 5) is 14.4. The number of anilines is 1. The van der Waals surface area contributed by atoms with Gasteiger partial charge in [-0.1, -0.05) is 17.7 Å². The van der Waals surface area contributed by atoms with E-state index in [9.17, 15) is 17.8 Å². The molecule has 24 heavy (non-hydrogen) atoms. The fourth-order valence-corrected chi connectivity index (χ4v) is 3.78. The van der Waals surface area contributed by atoms with E-state index in [0.717, 1.165) is 6.08 Å². The molecule has 0 aliphatic carbocycles. The Morgan fingerprint density at radius 1 is 1.42 bits per heavy atom. The first-order chi connectivity index (χ1) is 11.3. The topological polar surface area (TPSA) is 115 Å². The molecule has 128 valence electrons. The second-order valence-corrected chi connectivity index (χ2v) is 7.62. The highest BCUT2D eigenvalue weighted by molar-refractivity contribution is 7.89. The Bertz CT molecular complexity index is 972. The Morgan fingerprint density at radius 3 is 2.75 bits per heavy atom. The van der Waals surface area contributed by atoms with Crippen molar-refractivity contribution in [3.8, 4) is 5.75 Å². The van der Waals surface area contributed by atoms with Crippen LogP contribution in [0.25, 0.3) is 10.9 Å². The number of aromatic nitrogens is 1. The van der Waals surface area contributed by atoms with Gasteiger partial charge < -0.3 is 10.3 Å². The van der Waals surface area contributed by atoms with Crippen LogP contribution in [0.1, 0.15) is 0 Å². The lowest BCUT2D eigenvalue weighted by molar-refractivity contribution is 0.408. The number of halogens is 1. The van der Waals surface area contributed by atoms with E-state index < -0.39 is 29.7 Å². The third kappa shape index (κ3) is 4.33. The van der Waals surface area contributed by atoms with Gasteiger partial charge in [0, 0.05) is 27.0 Å². The molecule has 0 fully saturated rings. The average Bonchev–Trinajstić information content (AvgIpc) is 2.47. The first-order valence-electron chi connectivity index (χ1n) is 6.48. The smallest absolute Gasteiger partial charge is 0.387 e. The monoisotopic (exact) mass is 391 g/mol. The largest absolute Gasteiger partial charge is 0.767 e. The summed E-state index contributed by atoms with van der Waals surface area (Å²) in [7, 11) is -5.51. The molecule has 1 heterocycles. The minimum absolute atomic E-state index is 0.346. The van der Waals surface area contributed by atoms with E-state index in [-0.39, 0.29) is 5.75 Å². The lowest BCUT2D eigenvalue weighted by atomic mass is 10.2. The van der Waals surface area contributed by atoms with Gasteiger partial charge in [0.2, 0.25) is 0 Å². The minimum atomic E-state index is -4.09. The molecule has 8 nitrogen and oxygen atoms in total. The summed E-state index contributed by atoms with van der Waals surface area (Å²) in [5, 5.41) is 3.81. The highest BCUT2D eigenvalue weighted by Crippen LogP contribution is 2.31. The maximum Gasteiger partial charge on any atom is 0.767 e. The maximum atomic E-state index is 11.9. The summed E-state index contributed by atoms with van der Waals surface area (Å²) >= 11 is 6.02. The lowest BCUT2D eigenvalue weighted by Gasteiger charge is -2.06. The molecule has 0 bridgehead atoms. The molecule has 0 radical (unpaired) electrons. The van der Waals surface area contributed by atoms with Crippen LogP contribution in [0.2, 0.25) is 5.02 Å². The van der Waals surface area contributed by atoms with Crippen LogP contribution in [0, 0.1) is 0 Å². The summed E-state index contributed by atoms with van der Waals surface area (Å²) in [5.74, 6) is -0.878. The second-order valence-electron chi connectivity index (χ2n) is 4.53. The van der Waals surface area contributed by atoms with Gasteiger partial charge in [0.05, 0.1) is 22.0 Å². The van der Waals surface area contributed by atoms with Crippen LogP contribution >= 0.6 is 19.9 Å². The molecule has 0 saturated carbocycles. The fourth-order valence-electron chi connectivity index (χ4n) is 1.83. The van der Waals surface area contributed by atoms with Crippen LogP contribution in [0.4, 0.5) is 5.69 Å². The van der Waals surface area contributed by atoms with Crippen LogP contribution in [0.3, 0.4) is 0 Å². The van der Waals surface area contributed by atoms with Gasteiger partial charge in [-0.2, -0.15) is 8.42 Å². The van der Waals surface area contributed by atoms with E-state index in [1.807, 2.05) is 0 Å². The van der Waals surface area contributed by atoms with E-state index >= 15 is 0 Å². The number of nitrogens with one attached hydrogen (secondary N) is 2. The molecule has 1 unspecified atom stereocenters. The predicted molar refractivity (Wildman–Crippen MR) is 92.4 cm³/mol. The number of aromatic amines is 1. The predicted octanol–water partition coefficient (Wildman–Crippen LogP) is 2.79. The number of H-pyrrole nitrogens is 1. The Morgan fingerprint density at radius 2 is 2.12 bits per heavy atom. The third-order valence-corrected chi connectivity index (χ3v) is 5.53. The summed E-state index contributed by atoms with van der Waals surface area (Å²) in [5.41, 5.74) is 0.340. The van der Waals surface area contributed by atoms with Gasteiger partial charge >= 0.3 is 18.4 Å². The molecular formula is C13H13ClN2O6PS+. The molecule has 1 aromatic carbocycles. The molecule has 1 aromatic heterocycles. The van der Waals surface area contributed by atoms with Crippen molar-refractivity contribution in [1.82, 2.24) is 4.98 Å². The van der Waals surface area contributed by atoms with Gasteiger partial charge in [-0.05, 0) is 12.1 Å². The molecule has 2 aromatic rings. The summed E-state index contributed by atoms with van der Waals surface area (Å²) in [6, 6.07) is 4.49.